The van der Waals surface area contributed by atoms with Crippen molar-refractivity contribution in [2.75, 3.05) is 6.26 Å². The Morgan fingerprint density at radius 1 is 1.28 bits per heavy atom. The van der Waals surface area contributed by atoms with Gasteiger partial charge in [-0.3, -0.25) is 19.4 Å². The van der Waals surface area contributed by atoms with E-state index in [-0.39, 0.29) is 18.4 Å². The lowest BCUT2D eigenvalue weighted by atomic mass is 10.0. The van der Waals surface area contributed by atoms with Gasteiger partial charge in [0.05, 0.1) is 17.2 Å². The monoisotopic (exact) mass is 419 g/mol. The maximum Gasteiger partial charge on any atom is 0.261 e. The van der Waals surface area contributed by atoms with Gasteiger partial charge in [0.1, 0.15) is 11.1 Å². The summed E-state index contributed by atoms with van der Waals surface area (Å²) in [4.78, 5) is 28.5. The topological polar surface area (TPSA) is 118 Å². The smallest absolute Gasteiger partial charge is 0.261 e. The third-order valence-corrected chi connectivity index (χ3v) is 6.05. The molecule has 1 atom stereocenters. The highest BCUT2D eigenvalue weighted by Gasteiger charge is 2.28. The quantitative estimate of drug-likeness (QED) is 0.462. The van der Waals surface area contributed by atoms with Crippen LogP contribution in [-0.2, 0) is 21.2 Å². The fraction of sp³-hybridized carbons (Fsp3) is 0.211. The number of sulfone groups is 1. The van der Waals surface area contributed by atoms with Crippen LogP contribution in [0.1, 0.15) is 6.42 Å². The molecular weight excluding hydrogens is 401 g/mol. The molecule has 1 heterocycles. The molecule has 0 saturated carbocycles. The maximum atomic E-state index is 14.0. The molecule has 3 rings (SSSR count). The van der Waals surface area contributed by atoms with E-state index in [4.69, 9.17) is 5.21 Å². The van der Waals surface area contributed by atoms with Gasteiger partial charge < -0.3 is 0 Å². The van der Waals surface area contributed by atoms with Gasteiger partial charge in [-0.15, -0.1) is 0 Å². The predicted molar refractivity (Wildman–Crippen MR) is 105 cm³/mol. The highest BCUT2D eigenvalue weighted by molar-refractivity contribution is 7.92. The standard InChI is InChI=1S/C19H18FN3O5S/c1-29(27,28)17(18(24)22-26)8-9-23-11-21-16-10-12(6-7-14(16)19(23)25)13-4-2-3-5-15(13)20/h2-7,10-11,17,26H,8-9H2,1H3,(H,22,24)/t17-/m1/s1. The summed E-state index contributed by atoms with van der Waals surface area (Å²) >= 11 is 0. The van der Waals surface area contributed by atoms with Crippen molar-refractivity contribution in [1.29, 1.82) is 0 Å². The molecule has 0 aliphatic carbocycles. The first-order valence-corrected chi connectivity index (χ1v) is 10.5. The largest absolute Gasteiger partial charge is 0.299 e. The molecule has 2 aromatic carbocycles. The van der Waals surface area contributed by atoms with Crippen LogP contribution in [0.2, 0.25) is 0 Å². The van der Waals surface area contributed by atoms with Gasteiger partial charge in [-0.2, -0.15) is 0 Å². The second-order valence-electron chi connectivity index (χ2n) is 6.54. The average Bonchev–Trinajstić information content (AvgIpc) is 2.68. The minimum absolute atomic E-state index is 0.0952. The summed E-state index contributed by atoms with van der Waals surface area (Å²) in [6, 6.07) is 11.0. The summed E-state index contributed by atoms with van der Waals surface area (Å²) in [5.74, 6) is -1.46. The molecule has 2 N–H and O–H groups in total. The van der Waals surface area contributed by atoms with Gasteiger partial charge in [0, 0.05) is 18.4 Å². The second-order valence-corrected chi connectivity index (χ2v) is 8.77. The minimum Gasteiger partial charge on any atom is -0.299 e. The van der Waals surface area contributed by atoms with E-state index in [1.54, 1.807) is 30.3 Å². The van der Waals surface area contributed by atoms with Crippen LogP contribution in [0.3, 0.4) is 0 Å². The van der Waals surface area contributed by atoms with Crippen LogP contribution in [0.5, 0.6) is 0 Å². The number of hydroxylamine groups is 1. The van der Waals surface area contributed by atoms with Crippen molar-refractivity contribution in [2.24, 2.45) is 0 Å². The summed E-state index contributed by atoms with van der Waals surface area (Å²) in [5.41, 5.74) is 2.21. The molecule has 1 amide bonds. The van der Waals surface area contributed by atoms with Gasteiger partial charge in [0.25, 0.3) is 11.5 Å². The number of benzene rings is 2. The van der Waals surface area contributed by atoms with Crippen molar-refractivity contribution in [2.45, 2.75) is 18.2 Å². The lowest BCUT2D eigenvalue weighted by Crippen LogP contribution is -2.39. The third kappa shape index (κ3) is 4.33. The fourth-order valence-corrected chi connectivity index (χ4v) is 4.02. The van der Waals surface area contributed by atoms with Gasteiger partial charge in [0.15, 0.2) is 9.84 Å². The Kier molecular flexibility index (Phi) is 5.76. The molecule has 0 radical (unpaired) electrons. The number of carbonyl (C=O) groups excluding carboxylic acids is 1. The van der Waals surface area contributed by atoms with Gasteiger partial charge >= 0.3 is 0 Å². The Bertz CT molecular complexity index is 1240. The first-order chi connectivity index (χ1) is 13.7. The molecule has 10 heteroatoms. The van der Waals surface area contributed by atoms with E-state index >= 15 is 0 Å². The van der Waals surface area contributed by atoms with E-state index in [1.165, 1.54) is 28.5 Å². The summed E-state index contributed by atoms with van der Waals surface area (Å²) < 4.78 is 38.7. The summed E-state index contributed by atoms with van der Waals surface area (Å²) in [7, 11) is -3.79. The summed E-state index contributed by atoms with van der Waals surface area (Å²) in [6.07, 6.45) is 1.90. The van der Waals surface area contributed by atoms with Gasteiger partial charge in [0.2, 0.25) is 0 Å². The van der Waals surface area contributed by atoms with Crippen molar-refractivity contribution in [1.82, 2.24) is 15.0 Å². The van der Waals surface area contributed by atoms with E-state index in [2.05, 4.69) is 4.98 Å². The van der Waals surface area contributed by atoms with Crippen LogP contribution in [0.4, 0.5) is 4.39 Å². The number of hydrogen-bond donors (Lipinski definition) is 2. The van der Waals surface area contributed by atoms with Crippen LogP contribution in [0.15, 0.2) is 53.6 Å². The van der Waals surface area contributed by atoms with Crippen LogP contribution >= 0.6 is 0 Å². The molecule has 0 saturated heterocycles. The van der Waals surface area contributed by atoms with Crippen molar-refractivity contribution in [3.8, 4) is 11.1 Å². The molecule has 1 aromatic heterocycles. The first-order valence-electron chi connectivity index (χ1n) is 8.59. The Morgan fingerprint density at radius 2 is 2.00 bits per heavy atom. The first kappa shape index (κ1) is 20.6. The van der Waals surface area contributed by atoms with Crippen molar-refractivity contribution < 1.29 is 22.8 Å². The fourth-order valence-electron chi connectivity index (χ4n) is 3.05. The van der Waals surface area contributed by atoms with Crippen LogP contribution < -0.4 is 11.0 Å². The Hall–Kier alpha value is -3.11. The Morgan fingerprint density at radius 3 is 2.66 bits per heavy atom. The number of fused-ring (bicyclic) bond motifs is 1. The van der Waals surface area contributed by atoms with Crippen molar-refractivity contribution in [3.05, 3.63) is 65.0 Å². The van der Waals surface area contributed by atoms with Gasteiger partial charge in [-0.25, -0.2) is 23.3 Å². The number of aryl methyl sites for hydroxylation is 1. The lowest BCUT2D eigenvalue weighted by molar-refractivity contribution is -0.128. The SMILES string of the molecule is CS(=O)(=O)[C@H](CCn1cnc2cc(-c3ccccc3F)ccc2c1=O)C(=O)NO. The number of hydrogen-bond acceptors (Lipinski definition) is 6. The Balaban J connectivity index is 1.93. The highest BCUT2D eigenvalue weighted by Crippen LogP contribution is 2.24. The molecule has 152 valence electrons. The number of rotatable bonds is 6. The molecule has 0 unspecified atom stereocenters. The lowest BCUT2D eigenvalue weighted by Gasteiger charge is -2.14. The Labute approximate surface area is 165 Å². The van der Waals surface area contributed by atoms with E-state index in [1.807, 2.05) is 0 Å². The zero-order chi connectivity index (χ0) is 21.2. The highest BCUT2D eigenvalue weighted by atomic mass is 32.2. The molecule has 0 fully saturated rings. The zero-order valence-electron chi connectivity index (χ0n) is 15.4. The molecule has 29 heavy (non-hydrogen) atoms. The third-order valence-electron chi connectivity index (χ3n) is 4.56. The molecule has 0 aliphatic heterocycles. The minimum atomic E-state index is -3.79. The van der Waals surface area contributed by atoms with Crippen LogP contribution in [0.25, 0.3) is 22.0 Å². The van der Waals surface area contributed by atoms with E-state index in [0.29, 0.717) is 16.6 Å². The average molecular weight is 419 g/mol. The van der Waals surface area contributed by atoms with E-state index < -0.39 is 32.4 Å². The number of nitrogens with one attached hydrogen (secondary N) is 1. The molecule has 3 aromatic rings. The summed E-state index contributed by atoms with van der Waals surface area (Å²) in [6.45, 7) is -0.0952. The second kappa shape index (κ2) is 8.10. The van der Waals surface area contributed by atoms with E-state index in [0.717, 1.165) is 6.26 Å². The number of halogens is 1. The van der Waals surface area contributed by atoms with Crippen molar-refractivity contribution in [3.63, 3.8) is 0 Å². The van der Waals surface area contributed by atoms with Crippen molar-refractivity contribution >= 4 is 26.6 Å². The zero-order valence-corrected chi connectivity index (χ0v) is 16.2. The molecular formula is C19H18FN3O5S. The number of carbonyl (C=O) groups is 1. The molecule has 0 bridgehead atoms. The summed E-state index contributed by atoms with van der Waals surface area (Å²) in [5, 5.41) is 7.50. The van der Waals surface area contributed by atoms with Crippen LogP contribution in [0, 0.1) is 5.82 Å². The number of nitrogens with zero attached hydrogens (tertiary/aromatic N) is 2. The number of aromatic nitrogens is 2. The molecule has 0 spiro atoms. The normalized spacial score (nSPS) is 12.7. The molecule has 0 aliphatic rings. The molecule has 8 nitrogen and oxygen atoms in total. The predicted octanol–water partition coefficient (Wildman–Crippen LogP) is 1.51. The van der Waals surface area contributed by atoms with Crippen LogP contribution in [-0.4, -0.2) is 40.6 Å². The number of amides is 1. The maximum absolute atomic E-state index is 14.0. The van der Waals surface area contributed by atoms with Gasteiger partial charge in [-0.05, 0) is 30.2 Å². The van der Waals surface area contributed by atoms with E-state index in [9.17, 15) is 22.4 Å². The van der Waals surface area contributed by atoms with Gasteiger partial charge in [-0.1, -0.05) is 24.3 Å².